The van der Waals surface area contributed by atoms with Crippen LogP contribution in [0.3, 0.4) is 0 Å². The molecule has 142 valence electrons. The molecule has 1 atom stereocenters. The zero-order chi connectivity index (χ0) is 19.4. The zero-order valence-corrected chi connectivity index (χ0v) is 15.3. The largest absolute Gasteiger partial charge is 0.480 e. The second kappa shape index (κ2) is 7.89. The maximum Gasteiger partial charge on any atom is 0.326 e. The molecule has 2 aromatic carbocycles. The molecule has 1 saturated carbocycles. The molecule has 1 amide bonds. The molecule has 1 aliphatic carbocycles. The van der Waals surface area contributed by atoms with E-state index in [-0.39, 0.29) is 22.9 Å². The van der Waals surface area contributed by atoms with Gasteiger partial charge in [0.1, 0.15) is 6.04 Å². The van der Waals surface area contributed by atoms with Gasteiger partial charge in [-0.15, -0.1) is 0 Å². The first-order valence-electron chi connectivity index (χ1n) is 8.55. The van der Waals surface area contributed by atoms with Gasteiger partial charge in [0.2, 0.25) is 10.0 Å². The van der Waals surface area contributed by atoms with Gasteiger partial charge in [0.15, 0.2) is 0 Å². The summed E-state index contributed by atoms with van der Waals surface area (Å²) in [5.74, 6) is -1.71. The van der Waals surface area contributed by atoms with Crippen LogP contribution in [0.2, 0.25) is 0 Å². The minimum absolute atomic E-state index is 0.00714. The molecule has 3 rings (SSSR count). The molecule has 0 heterocycles. The van der Waals surface area contributed by atoms with Crippen LogP contribution in [0.4, 0.5) is 0 Å². The Kier molecular flexibility index (Phi) is 5.57. The third-order valence-electron chi connectivity index (χ3n) is 4.21. The van der Waals surface area contributed by atoms with Gasteiger partial charge in [-0.05, 0) is 42.7 Å². The minimum Gasteiger partial charge on any atom is -0.480 e. The Hall–Kier alpha value is -2.71. The van der Waals surface area contributed by atoms with E-state index in [0.29, 0.717) is 0 Å². The summed E-state index contributed by atoms with van der Waals surface area (Å²) in [5, 5.41) is 11.8. The normalized spacial score (nSPS) is 15.1. The van der Waals surface area contributed by atoms with Gasteiger partial charge in [-0.2, -0.15) is 0 Å². The predicted molar refractivity (Wildman–Crippen MR) is 98.8 cm³/mol. The number of carbonyl (C=O) groups excluding carboxylic acids is 1. The van der Waals surface area contributed by atoms with E-state index in [1.165, 1.54) is 24.3 Å². The van der Waals surface area contributed by atoms with Crippen molar-refractivity contribution in [2.75, 3.05) is 0 Å². The van der Waals surface area contributed by atoms with Gasteiger partial charge >= 0.3 is 5.97 Å². The lowest BCUT2D eigenvalue weighted by atomic mass is 10.1. The highest BCUT2D eigenvalue weighted by Gasteiger charge is 2.28. The van der Waals surface area contributed by atoms with Crippen LogP contribution in [0.5, 0.6) is 0 Å². The highest BCUT2D eigenvalue weighted by Crippen LogP contribution is 2.22. The van der Waals surface area contributed by atoms with Crippen LogP contribution in [0, 0.1) is 0 Å². The van der Waals surface area contributed by atoms with Crippen molar-refractivity contribution in [3.05, 3.63) is 65.7 Å². The minimum atomic E-state index is -3.59. The number of sulfonamides is 1. The molecule has 2 aromatic rings. The molecule has 0 aromatic heterocycles. The monoisotopic (exact) mass is 388 g/mol. The molecule has 8 heteroatoms. The molecular weight excluding hydrogens is 368 g/mol. The standard InChI is InChI=1S/C19H20N2O5S/c22-18(20-17(19(23)24)12-13-4-2-1-3-5-13)14-6-10-16(11-7-14)27(25,26)21-15-8-9-15/h1-7,10-11,15,17,21H,8-9,12H2,(H,20,22)(H,23,24)/t17-/m0/s1. The van der Waals surface area contributed by atoms with E-state index in [1.807, 2.05) is 6.07 Å². The number of carboxylic acids is 1. The van der Waals surface area contributed by atoms with Crippen LogP contribution in [-0.2, 0) is 21.2 Å². The van der Waals surface area contributed by atoms with E-state index in [1.54, 1.807) is 24.3 Å². The Bertz CT molecular complexity index is 922. The molecule has 1 aliphatic rings. The maximum atomic E-state index is 12.4. The number of amides is 1. The molecule has 0 bridgehead atoms. The summed E-state index contributed by atoms with van der Waals surface area (Å²) in [7, 11) is -3.59. The third kappa shape index (κ3) is 5.15. The Balaban J connectivity index is 1.68. The molecule has 0 unspecified atom stereocenters. The van der Waals surface area contributed by atoms with E-state index < -0.39 is 27.9 Å². The average Bonchev–Trinajstić information content (AvgIpc) is 3.45. The van der Waals surface area contributed by atoms with Crippen molar-refractivity contribution in [1.29, 1.82) is 0 Å². The van der Waals surface area contributed by atoms with Gasteiger partial charge in [-0.1, -0.05) is 30.3 Å². The average molecular weight is 388 g/mol. The van der Waals surface area contributed by atoms with E-state index >= 15 is 0 Å². The summed E-state index contributed by atoms with van der Waals surface area (Å²) in [6.45, 7) is 0. The summed E-state index contributed by atoms with van der Waals surface area (Å²) in [4.78, 5) is 23.9. The van der Waals surface area contributed by atoms with Crippen molar-refractivity contribution in [3.63, 3.8) is 0 Å². The summed E-state index contributed by atoms with van der Waals surface area (Å²) >= 11 is 0. The van der Waals surface area contributed by atoms with Crippen LogP contribution in [0.1, 0.15) is 28.8 Å². The smallest absolute Gasteiger partial charge is 0.326 e. The number of nitrogens with one attached hydrogen (secondary N) is 2. The third-order valence-corrected chi connectivity index (χ3v) is 5.75. The number of rotatable bonds is 8. The number of hydrogen-bond acceptors (Lipinski definition) is 4. The zero-order valence-electron chi connectivity index (χ0n) is 14.5. The fourth-order valence-corrected chi connectivity index (χ4v) is 3.87. The highest BCUT2D eigenvalue weighted by atomic mass is 32.2. The molecule has 27 heavy (non-hydrogen) atoms. The summed E-state index contributed by atoms with van der Waals surface area (Å²) in [6, 6.07) is 13.3. The maximum absolute atomic E-state index is 12.4. The number of carbonyl (C=O) groups is 2. The summed E-state index contributed by atoms with van der Waals surface area (Å²) in [6.07, 6.45) is 1.81. The molecular formula is C19H20N2O5S. The lowest BCUT2D eigenvalue weighted by molar-refractivity contribution is -0.139. The van der Waals surface area contributed by atoms with Gasteiger partial charge in [-0.25, -0.2) is 17.9 Å². The summed E-state index contributed by atoms with van der Waals surface area (Å²) < 4.78 is 26.9. The van der Waals surface area contributed by atoms with Crippen molar-refractivity contribution < 1.29 is 23.1 Å². The van der Waals surface area contributed by atoms with Crippen LogP contribution >= 0.6 is 0 Å². The first-order chi connectivity index (χ1) is 12.8. The van der Waals surface area contributed by atoms with Crippen molar-refractivity contribution in [2.24, 2.45) is 0 Å². The molecule has 7 nitrogen and oxygen atoms in total. The van der Waals surface area contributed by atoms with E-state index in [0.717, 1.165) is 18.4 Å². The number of benzene rings is 2. The lowest BCUT2D eigenvalue weighted by Gasteiger charge is -2.15. The Morgan fingerprint density at radius 3 is 2.22 bits per heavy atom. The van der Waals surface area contributed by atoms with Crippen LogP contribution in [0.25, 0.3) is 0 Å². The SMILES string of the molecule is O=C(N[C@@H](Cc1ccccc1)C(=O)O)c1ccc(S(=O)(=O)NC2CC2)cc1. The van der Waals surface area contributed by atoms with Gasteiger partial charge < -0.3 is 10.4 Å². The number of aliphatic carboxylic acids is 1. The Labute approximate surface area is 157 Å². The quantitative estimate of drug-likeness (QED) is 0.635. The second-order valence-electron chi connectivity index (χ2n) is 6.47. The molecule has 0 radical (unpaired) electrons. The van der Waals surface area contributed by atoms with Crippen molar-refractivity contribution >= 4 is 21.9 Å². The summed E-state index contributed by atoms with van der Waals surface area (Å²) in [5.41, 5.74) is 0.984. The lowest BCUT2D eigenvalue weighted by Crippen LogP contribution is -2.42. The van der Waals surface area contributed by atoms with E-state index in [9.17, 15) is 23.1 Å². The number of hydrogen-bond donors (Lipinski definition) is 3. The first-order valence-corrected chi connectivity index (χ1v) is 10.0. The van der Waals surface area contributed by atoms with Crippen molar-refractivity contribution in [1.82, 2.24) is 10.0 Å². The van der Waals surface area contributed by atoms with Crippen molar-refractivity contribution in [2.45, 2.75) is 36.2 Å². The fraction of sp³-hybridized carbons (Fsp3) is 0.263. The highest BCUT2D eigenvalue weighted by molar-refractivity contribution is 7.89. The number of carboxylic acid groups (broad SMARTS) is 1. The van der Waals surface area contributed by atoms with Crippen LogP contribution in [0.15, 0.2) is 59.5 Å². The molecule has 0 saturated heterocycles. The van der Waals surface area contributed by atoms with Crippen LogP contribution < -0.4 is 10.0 Å². The molecule has 0 spiro atoms. The van der Waals surface area contributed by atoms with Crippen LogP contribution in [-0.4, -0.2) is 37.5 Å². The van der Waals surface area contributed by atoms with Gasteiger partial charge in [-0.3, -0.25) is 4.79 Å². The molecule has 1 fully saturated rings. The molecule has 3 N–H and O–H groups in total. The topological polar surface area (TPSA) is 113 Å². The van der Waals surface area contributed by atoms with Gasteiger partial charge in [0.25, 0.3) is 5.91 Å². The Morgan fingerprint density at radius 1 is 1.04 bits per heavy atom. The Morgan fingerprint density at radius 2 is 1.67 bits per heavy atom. The second-order valence-corrected chi connectivity index (χ2v) is 8.19. The molecule has 0 aliphatic heterocycles. The van der Waals surface area contributed by atoms with Gasteiger partial charge in [0, 0.05) is 18.0 Å². The van der Waals surface area contributed by atoms with Gasteiger partial charge in [0.05, 0.1) is 4.90 Å². The fourth-order valence-electron chi connectivity index (χ4n) is 2.57. The van der Waals surface area contributed by atoms with Crippen molar-refractivity contribution in [3.8, 4) is 0 Å². The van der Waals surface area contributed by atoms with E-state index in [4.69, 9.17) is 0 Å². The first kappa shape index (κ1) is 19.1. The van der Waals surface area contributed by atoms with E-state index in [2.05, 4.69) is 10.0 Å². The predicted octanol–water partition coefficient (Wildman–Crippen LogP) is 1.55.